The first-order valence-electron chi connectivity index (χ1n) is 6.89. The van der Waals surface area contributed by atoms with Gasteiger partial charge in [-0.1, -0.05) is 11.6 Å². The lowest BCUT2D eigenvalue weighted by atomic mass is 10.2. The second-order valence-corrected chi connectivity index (χ2v) is 6.38. The average Bonchev–Trinajstić information content (AvgIpc) is 2.49. The lowest BCUT2D eigenvalue weighted by Crippen LogP contribution is -2.29. The summed E-state index contributed by atoms with van der Waals surface area (Å²) < 4.78 is 29.4. The van der Waals surface area contributed by atoms with Gasteiger partial charge < -0.3 is 10.0 Å². The summed E-state index contributed by atoms with van der Waals surface area (Å²) in [6, 6.07) is 10.6. The smallest absolute Gasteiger partial charge is 0.147 e. The Hall–Kier alpha value is -1.30. The molecule has 6 heteroatoms. The van der Waals surface area contributed by atoms with E-state index in [4.69, 9.17) is 17.3 Å². The van der Waals surface area contributed by atoms with Gasteiger partial charge in [0.25, 0.3) is 0 Å². The zero-order valence-electron chi connectivity index (χ0n) is 12.1. The maximum absolute atomic E-state index is 14.1. The fraction of sp³-hybridized carbons (Fsp3) is 0.250. The molecule has 0 heterocycles. The topological polar surface area (TPSA) is 29.3 Å². The summed E-state index contributed by atoms with van der Waals surface area (Å²) in [6.07, 6.45) is 0.663. The molecule has 0 bridgehead atoms. The van der Waals surface area contributed by atoms with Crippen LogP contribution in [0, 0.1) is 11.6 Å². The molecule has 0 spiro atoms. The van der Waals surface area contributed by atoms with E-state index in [9.17, 15) is 8.78 Å². The fourth-order valence-electron chi connectivity index (χ4n) is 2.00. The SMILES string of the molecule is C[C@H](CCN)N(Sc1ccc(Cl)cc1)c1cc(F)ccc1F. The van der Waals surface area contributed by atoms with E-state index in [1.165, 1.54) is 18.0 Å². The standard InChI is InChI=1S/C16H17ClF2N2S/c1-11(8-9-20)21(16-10-13(18)4-7-15(16)19)22-14-5-2-12(17)3-6-14/h2-7,10-11H,8-9,20H2,1H3/t11-/m1/s1. The molecule has 2 aromatic rings. The van der Waals surface area contributed by atoms with Crippen molar-refractivity contribution < 1.29 is 8.78 Å². The first-order valence-corrected chi connectivity index (χ1v) is 8.04. The third-order valence-corrected chi connectivity index (χ3v) is 4.64. The minimum atomic E-state index is -0.474. The van der Waals surface area contributed by atoms with E-state index in [2.05, 4.69) is 0 Å². The zero-order valence-corrected chi connectivity index (χ0v) is 13.7. The Kier molecular flexibility index (Phi) is 6.06. The van der Waals surface area contributed by atoms with Gasteiger partial charge in [0, 0.05) is 22.0 Å². The van der Waals surface area contributed by atoms with E-state index in [-0.39, 0.29) is 11.7 Å². The van der Waals surface area contributed by atoms with Crippen molar-refractivity contribution in [3.63, 3.8) is 0 Å². The van der Waals surface area contributed by atoms with Gasteiger partial charge in [-0.15, -0.1) is 0 Å². The minimum absolute atomic E-state index is 0.0537. The lowest BCUT2D eigenvalue weighted by molar-refractivity contribution is 0.591. The maximum Gasteiger partial charge on any atom is 0.147 e. The highest BCUT2D eigenvalue weighted by atomic mass is 35.5. The van der Waals surface area contributed by atoms with Crippen LogP contribution in [0.5, 0.6) is 0 Å². The molecule has 0 amide bonds. The van der Waals surface area contributed by atoms with Gasteiger partial charge in [0.15, 0.2) is 0 Å². The van der Waals surface area contributed by atoms with Gasteiger partial charge in [-0.05, 0) is 68.2 Å². The molecule has 0 aliphatic heterocycles. The van der Waals surface area contributed by atoms with Crippen LogP contribution in [-0.4, -0.2) is 12.6 Å². The Labute approximate surface area is 138 Å². The van der Waals surface area contributed by atoms with Crippen molar-refractivity contribution >= 4 is 29.2 Å². The predicted molar refractivity (Wildman–Crippen MR) is 89.3 cm³/mol. The Morgan fingerprint density at radius 2 is 1.86 bits per heavy atom. The van der Waals surface area contributed by atoms with E-state index in [1.807, 2.05) is 19.1 Å². The highest BCUT2D eigenvalue weighted by molar-refractivity contribution is 8.00. The predicted octanol–water partition coefficient (Wildman–Crippen LogP) is 4.87. The van der Waals surface area contributed by atoms with Crippen molar-refractivity contribution in [1.82, 2.24) is 0 Å². The molecule has 1 atom stereocenters. The Balaban J connectivity index is 2.33. The molecule has 22 heavy (non-hydrogen) atoms. The first kappa shape index (κ1) is 17.1. The molecule has 0 fully saturated rings. The summed E-state index contributed by atoms with van der Waals surface area (Å²) in [5.74, 6) is -0.940. The van der Waals surface area contributed by atoms with E-state index in [0.29, 0.717) is 18.0 Å². The number of benzene rings is 2. The number of hydrogen-bond acceptors (Lipinski definition) is 3. The monoisotopic (exact) mass is 342 g/mol. The molecule has 2 N–H and O–H groups in total. The van der Waals surface area contributed by atoms with E-state index >= 15 is 0 Å². The summed E-state index contributed by atoms with van der Waals surface area (Å²) in [7, 11) is 0. The van der Waals surface area contributed by atoms with E-state index < -0.39 is 11.6 Å². The first-order chi connectivity index (χ1) is 10.5. The quantitative estimate of drug-likeness (QED) is 0.759. The second-order valence-electron chi connectivity index (χ2n) is 4.89. The number of rotatable bonds is 6. The van der Waals surface area contributed by atoms with Gasteiger partial charge in [0.2, 0.25) is 0 Å². The van der Waals surface area contributed by atoms with Gasteiger partial charge in [0.1, 0.15) is 11.6 Å². The second kappa shape index (κ2) is 7.81. The Morgan fingerprint density at radius 1 is 1.18 bits per heavy atom. The van der Waals surface area contributed by atoms with Crippen LogP contribution in [0.15, 0.2) is 47.4 Å². The Morgan fingerprint density at radius 3 is 2.50 bits per heavy atom. The summed E-state index contributed by atoms with van der Waals surface area (Å²) in [5, 5.41) is 0.628. The molecule has 118 valence electrons. The molecule has 0 radical (unpaired) electrons. The van der Waals surface area contributed by atoms with Crippen molar-refractivity contribution in [2.24, 2.45) is 5.73 Å². The normalized spacial score (nSPS) is 12.2. The maximum atomic E-state index is 14.1. The molecule has 2 nitrogen and oxygen atoms in total. The molecule has 0 saturated heterocycles. The van der Waals surface area contributed by atoms with Crippen LogP contribution >= 0.6 is 23.5 Å². The van der Waals surface area contributed by atoms with E-state index in [0.717, 1.165) is 17.0 Å². The molecule has 0 saturated carbocycles. The van der Waals surface area contributed by atoms with Crippen molar-refractivity contribution in [2.75, 3.05) is 10.8 Å². The third-order valence-electron chi connectivity index (χ3n) is 3.15. The third kappa shape index (κ3) is 4.35. The van der Waals surface area contributed by atoms with Crippen molar-refractivity contribution in [3.05, 3.63) is 59.1 Å². The summed E-state index contributed by atoms with van der Waals surface area (Å²) in [5.41, 5.74) is 5.81. The Bertz CT molecular complexity index is 622. The van der Waals surface area contributed by atoms with Gasteiger partial charge in [0.05, 0.1) is 5.69 Å². The molecule has 0 aliphatic rings. The molecular formula is C16H17ClF2N2S. The van der Waals surface area contributed by atoms with Crippen LogP contribution in [0.25, 0.3) is 0 Å². The van der Waals surface area contributed by atoms with Gasteiger partial charge in [-0.3, -0.25) is 0 Å². The van der Waals surface area contributed by atoms with Gasteiger partial charge in [-0.25, -0.2) is 8.78 Å². The summed E-state index contributed by atoms with van der Waals surface area (Å²) in [6.45, 7) is 2.40. The largest absolute Gasteiger partial charge is 0.330 e. The summed E-state index contributed by atoms with van der Waals surface area (Å²) in [4.78, 5) is 0.886. The minimum Gasteiger partial charge on any atom is -0.330 e. The zero-order chi connectivity index (χ0) is 16.1. The lowest BCUT2D eigenvalue weighted by Gasteiger charge is -2.30. The van der Waals surface area contributed by atoms with Crippen molar-refractivity contribution in [1.29, 1.82) is 0 Å². The molecular weight excluding hydrogens is 326 g/mol. The highest BCUT2D eigenvalue weighted by Crippen LogP contribution is 2.34. The van der Waals surface area contributed by atoms with Crippen molar-refractivity contribution in [2.45, 2.75) is 24.3 Å². The number of nitrogens with two attached hydrogens (primary N) is 1. The van der Waals surface area contributed by atoms with Crippen LogP contribution in [-0.2, 0) is 0 Å². The van der Waals surface area contributed by atoms with Crippen LogP contribution in [0.1, 0.15) is 13.3 Å². The number of hydrogen-bond donors (Lipinski definition) is 1. The number of nitrogens with zero attached hydrogens (tertiary/aromatic N) is 1. The summed E-state index contributed by atoms with van der Waals surface area (Å²) >= 11 is 7.21. The molecule has 2 aromatic carbocycles. The van der Waals surface area contributed by atoms with Crippen LogP contribution < -0.4 is 10.0 Å². The molecule has 0 aromatic heterocycles. The van der Waals surface area contributed by atoms with E-state index in [1.54, 1.807) is 16.4 Å². The fourth-order valence-corrected chi connectivity index (χ4v) is 3.13. The molecule has 0 aliphatic carbocycles. The average molecular weight is 343 g/mol. The van der Waals surface area contributed by atoms with Gasteiger partial charge in [-0.2, -0.15) is 0 Å². The number of anilines is 1. The van der Waals surface area contributed by atoms with Crippen molar-refractivity contribution in [3.8, 4) is 0 Å². The molecule has 0 unspecified atom stereocenters. The number of halogens is 3. The van der Waals surface area contributed by atoms with Crippen LogP contribution in [0.2, 0.25) is 5.02 Å². The van der Waals surface area contributed by atoms with Gasteiger partial charge >= 0.3 is 0 Å². The highest BCUT2D eigenvalue weighted by Gasteiger charge is 2.20. The van der Waals surface area contributed by atoms with Crippen LogP contribution in [0.4, 0.5) is 14.5 Å². The molecule has 2 rings (SSSR count). The van der Waals surface area contributed by atoms with Crippen LogP contribution in [0.3, 0.4) is 0 Å².